The molecule has 0 saturated heterocycles. The van der Waals surface area contributed by atoms with Crippen molar-refractivity contribution in [3.8, 4) is 21.7 Å². The smallest absolute Gasteiger partial charge is 0.434 e. The first-order valence-electron chi connectivity index (χ1n) is 13.4. The Kier molecular flexibility index (Phi) is 9.50. The van der Waals surface area contributed by atoms with Crippen molar-refractivity contribution >= 4 is 40.1 Å². The minimum Gasteiger partial charge on any atom is -0.462 e. The molecule has 3 heterocycles. The van der Waals surface area contributed by atoms with Gasteiger partial charge in [-0.25, -0.2) is 19.6 Å². The number of hydrogen-bond acceptors (Lipinski definition) is 8. The van der Waals surface area contributed by atoms with Crippen molar-refractivity contribution in [3.63, 3.8) is 0 Å². The molecule has 3 aromatic heterocycles. The lowest BCUT2D eigenvalue weighted by Crippen LogP contribution is -2.34. The van der Waals surface area contributed by atoms with Gasteiger partial charge in [-0.1, -0.05) is 0 Å². The summed E-state index contributed by atoms with van der Waals surface area (Å²) in [6, 6.07) is 4.12. The van der Waals surface area contributed by atoms with Crippen LogP contribution in [0.3, 0.4) is 0 Å². The van der Waals surface area contributed by atoms with Gasteiger partial charge in [0.15, 0.2) is 5.69 Å². The van der Waals surface area contributed by atoms with Crippen LogP contribution in [0.1, 0.15) is 42.4 Å². The standard InChI is InChI=1S/C29H31F3N6O4S/c1-6-42-27(40)21-13-33-22-9-16(7-8-38(4)5)17(10-19(22)25(21)39)20-12-34-24(37-28(41)35-15(2)3)11-18(20)26-36-23(14-43-26)29(30,31)32/h9-15H,6-8H2,1-5H3,(H,33,39)(H2,34,35,37,41). The highest BCUT2D eigenvalue weighted by molar-refractivity contribution is 7.13. The fourth-order valence-electron chi connectivity index (χ4n) is 4.33. The van der Waals surface area contributed by atoms with Gasteiger partial charge in [0, 0.05) is 52.4 Å². The highest BCUT2D eigenvalue weighted by Gasteiger charge is 2.34. The predicted octanol–water partition coefficient (Wildman–Crippen LogP) is 5.54. The van der Waals surface area contributed by atoms with E-state index >= 15 is 0 Å². The quantitative estimate of drug-likeness (QED) is 0.211. The summed E-state index contributed by atoms with van der Waals surface area (Å²) < 4.78 is 45.6. The number of amides is 2. The predicted molar refractivity (Wildman–Crippen MR) is 159 cm³/mol. The van der Waals surface area contributed by atoms with Crippen molar-refractivity contribution in [1.82, 2.24) is 25.2 Å². The van der Waals surface area contributed by atoms with E-state index in [4.69, 9.17) is 4.74 Å². The number of carbonyl (C=O) groups is 2. The summed E-state index contributed by atoms with van der Waals surface area (Å²) in [5.74, 6) is -0.678. The molecule has 1 aromatic carbocycles. The molecule has 14 heteroatoms. The Balaban J connectivity index is 1.96. The van der Waals surface area contributed by atoms with E-state index in [9.17, 15) is 27.6 Å². The number of thiazole rings is 1. The van der Waals surface area contributed by atoms with Crippen LogP contribution in [-0.4, -0.2) is 65.1 Å². The van der Waals surface area contributed by atoms with Crippen molar-refractivity contribution in [1.29, 1.82) is 0 Å². The van der Waals surface area contributed by atoms with Crippen LogP contribution in [0.4, 0.5) is 23.8 Å². The Labute approximate surface area is 249 Å². The van der Waals surface area contributed by atoms with E-state index in [0.717, 1.165) is 22.3 Å². The van der Waals surface area contributed by atoms with Crippen LogP contribution in [0.25, 0.3) is 32.6 Å². The molecule has 4 aromatic rings. The molecule has 0 spiro atoms. The molecule has 0 fully saturated rings. The van der Waals surface area contributed by atoms with Crippen LogP contribution < -0.4 is 16.1 Å². The number of nitrogens with zero attached hydrogens (tertiary/aromatic N) is 3. The molecule has 0 unspecified atom stereocenters. The van der Waals surface area contributed by atoms with Gasteiger partial charge >= 0.3 is 18.2 Å². The Hall–Kier alpha value is -4.30. The molecule has 0 bridgehead atoms. The molecule has 0 radical (unpaired) electrons. The number of carbonyl (C=O) groups excluding carboxylic acids is 2. The minimum atomic E-state index is -4.66. The fraction of sp³-hybridized carbons (Fsp3) is 0.345. The zero-order chi connectivity index (χ0) is 31.5. The Morgan fingerprint density at radius 1 is 1.14 bits per heavy atom. The van der Waals surface area contributed by atoms with Crippen LogP contribution in [0.15, 0.2) is 40.8 Å². The van der Waals surface area contributed by atoms with Gasteiger partial charge in [-0.3, -0.25) is 10.1 Å². The van der Waals surface area contributed by atoms with E-state index < -0.39 is 29.3 Å². The molecule has 0 atom stereocenters. The third-order valence-corrected chi connectivity index (χ3v) is 7.18. The zero-order valence-electron chi connectivity index (χ0n) is 24.2. The van der Waals surface area contributed by atoms with Crippen LogP contribution in [0.2, 0.25) is 0 Å². The number of likely N-dealkylation sites (N-methyl/N-ethyl adjacent to an activating group) is 1. The van der Waals surface area contributed by atoms with Gasteiger partial charge < -0.3 is 19.9 Å². The molecule has 43 heavy (non-hydrogen) atoms. The highest BCUT2D eigenvalue weighted by Crippen LogP contribution is 2.40. The molecule has 4 rings (SSSR count). The SMILES string of the molecule is CCOC(=O)c1c[nH]c2cc(CCN(C)C)c(-c3cnc(NC(=O)NC(C)C)cc3-c3nc(C(F)(F)F)cs3)cc2c1=O. The molecule has 0 aliphatic carbocycles. The summed E-state index contributed by atoms with van der Waals surface area (Å²) >= 11 is 0.795. The van der Waals surface area contributed by atoms with E-state index in [-0.39, 0.29) is 40.0 Å². The van der Waals surface area contributed by atoms with Crippen molar-refractivity contribution in [2.75, 3.05) is 32.6 Å². The number of ether oxygens (including phenoxy) is 1. The van der Waals surface area contributed by atoms with Crippen molar-refractivity contribution < 1.29 is 27.5 Å². The van der Waals surface area contributed by atoms with E-state index in [2.05, 4.69) is 25.6 Å². The van der Waals surface area contributed by atoms with Gasteiger partial charge in [-0.15, -0.1) is 11.3 Å². The van der Waals surface area contributed by atoms with Crippen LogP contribution in [-0.2, 0) is 17.3 Å². The lowest BCUT2D eigenvalue weighted by Gasteiger charge is -2.17. The number of fused-ring (bicyclic) bond motifs is 1. The van der Waals surface area contributed by atoms with Gasteiger partial charge in [0.25, 0.3) is 0 Å². The Morgan fingerprint density at radius 3 is 2.51 bits per heavy atom. The molecular weight excluding hydrogens is 585 g/mol. The largest absolute Gasteiger partial charge is 0.462 e. The molecule has 0 aliphatic heterocycles. The fourth-order valence-corrected chi connectivity index (χ4v) is 5.19. The number of urea groups is 1. The highest BCUT2D eigenvalue weighted by atomic mass is 32.1. The molecule has 0 aliphatic rings. The summed E-state index contributed by atoms with van der Waals surface area (Å²) in [6.45, 7) is 5.89. The lowest BCUT2D eigenvalue weighted by molar-refractivity contribution is -0.140. The number of hydrogen-bond donors (Lipinski definition) is 3. The van der Waals surface area contributed by atoms with Crippen LogP contribution in [0.5, 0.6) is 0 Å². The summed E-state index contributed by atoms with van der Waals surface area (Å²) in [5.41, 5.74) is 0.657. The molecular formula is C29H31F3N6O4S. The molecule has 0 saturated carbocycles. The average molecular weight is 617 g/mol. The first-order valence-corrected chi connectivity index (χ1v) is 14.3. The van der Waals surface area contributed by atoms with Crippen molar-refractivity contribution in [2.24, 2.45) is 0 Å². The number of nitrogens with one attached hydrogen (secondary N) is 3. The number of alkyl halides is 3. The maximum absolute atomic E-state index is 13.5. The summed E-state index contributed by atoms with van der Waals surface area (Å²) in [6.07, 6.45) is -1.40. The number of halogens is 3. The van der Waals surface area contributed by atoms with Crippen molar-refractivity contribution in [3.05, 3.63) is 63.0 Å². The van der Waals surface area contributed by atoms with Crippen LogP contribution in [0, 0.1) is 0 Å². The number of anilines is 1. The van der Waals surface area contributed by atoms with Crippen LogP contribution >= 0.6 is 11.3 Å². The molecule has 10 nitrogen and oxygen atoms in total. The molecule has 2 amide bonds. The number of H-pyrrole nitrogens is 1. The van der Waals surface area contributed by atoms with Gasteiger partial charge in [-0.05, 0) is 70.6 Å². The monoisotopic (exact) mass is 616 g/mol. The summed E-state index contributed by atoms with van der Waals surface area (Å²) in [7, 11) is 3.80. The number of esters is 1. The maximum Gasteiger partial charge on any atom is 0.434 e. The second-order valence-electron chi connectivity index (χ2n) is 10.3. The topological polar surface area (TPSA) is 129 Å². The molecule has 3 N–H and O–H groups in total. The first kappa shape index (κ1) is 31.6. The third-order valence-electron chi connectivity index (χ3n) is 6.31. The van der Waals surface area contributed by atoms with E-state index in [1.54, 1.807) is 32.9 Å². The normalized spacial score (nSPS) is 11.8. The summed E-state index contributed by atoms with van der Waals surface area (Å²) in [4.78, 5) is 51.4. The third kappa shape index (κ3) is 7.38. The van der Waals surface area contributed by atoms with E-state index in [1.165, 1.54) is 18.5 Å². The van der Waals surface area contributed by atoms with Crippen molar-refractivity contribution in [2.45, 2.75) is 39.4 Å². The van der Waals surface area contributed by atoms with E-state index in [1.807, 2.05) is 19.0 Å². The second-order valence-corrected chi connectivity index (χ2v) is 11.1. The second kappa shape index (κ2) is 12.9. The Morgan fingerprint density at radius 2 is 1.88 bits per heavy atom. The van der Waals surface area contributed by atoms with E-state index in [0.29, 0.717) is 29.6 Å². The number of aromatic amines is 1. The average Bonchev–Trinajstić information content (AvgIpc) is 3.43. The van der Waals surface area contributed by atoms with Gasteiger partial charge in [0.2, 0.25) is 5.43 Å². The minimum absolute atomic E-state index is 0.0462. The number of pyridine rings is 2. The first-order chi connectivity index (χ1) is 20.3. The number of rotatable bonds is 9. The number of aromatic nitrogens is 3. The van der Waals surface area contributed by atoms with Gasteiger partial charge in [0.05, 0.1) is 6.61 Å². The maximum atomic E-state index is 13.5. The lowest BCUT2D eigenvalue weighted by atomic mass is 9.93. The Bertz CT molecular complexity index is 1710. The van der Waals surface area contributed by atoms with Gasteiger partial charge in [-0.2, -0.15) is 13.2 Å². The van der Waals surface area contributed by atoms with Gasteiger partial charge in [0.1, 0.15) is 16.4 Å². The number of benzene rings is 1. The molecule has 228 valence electrons. The zero-order valence-corrected chi connectivity index (χ0v) is 25.0. The summed E-state index contributed by atoms with van der Waals surface area (Å²) in [5, 5.41) is 6.43.